The number of aromatic nitrogens is 1. The molecule has 0 amide bonds. The summed E-state index contributed by atoms with van der Waals surface area (Å²) in [5.41, 5.74) is 1.27. The van der Waals surface area contributed by atoms with Crippen molar-refractivity contribution in [2.24, 2.45) is 4.99 Å². The third-order valence-electron chi connectivity index (χ3n) is 2.93. The summed E-state index contributed by atoms with van der Waals surface area (Å²) in [4.78, 5) is 11.9. The molecule has 0 aliphatic rings. The van der Waals surface area contributed by atoms with Crippen LogP contribution >= 0.6 is 11.3 Å². The van der Waals surface area contributed by atoms with Crippen LogP contribution < -0.4 is 5.32 Å². The molecule has 0 saturated heterocycles. The second-order valence-corrected chi connectivity index (χ2v) is 5.91. The summed E-state index contributed by atoms with van der Waals surface area (Å²) in [7, 11) is 3.85. The average molecular weight is 288 g/mol. The molecule has 20 heavy (non-hydrogen) atoms. The van der Waals surface area contributed by atoms with Crippen molar-refractivity contribution in [3.8, 4) is 0 Å². The van der Waals surface area contributed by atoms with E-state index in [1.165, 1.54) is 10.4 Å². The second-order valence-electron chi connectivity index (χ2n) is 4.59. The summed E-state index contributed by atoms with van der Waals surface area (Å²) >= 11 is 1.71. The van der Waals surface area contributed by atoms with Crippen LogP contribution in [0.1, 0.15) is 15.4 Å². The molecule has 0 saturated carbocycles. The molecule has 0 radical (unpaired) electrons. The number of hydrogen-bond acceptors (Lipinski definition) is 3. The van der Waals surface area contributed by atoms with Crippen molar-refractivity contribution in [3.05, 3.63) is 52.0 Å². The minimum absolute atomic E-state index is 0.761. The Hall–Kier alpha value is -1.88. The highest BCUT2D eigenvalue weighted by Gasteiger charge is 2.07. The van der Waals surface area contributed by atoms with Crippen molar-refractivity contribution in [1.29, 1.82) is 0 Å². The Morgan fingerprint density at radius 2 is 2.10 bits per heavy atom. The number of thiazole rings is 1. The van der Waals surface area contributed by atoms with Gasteiger partial charge in [0.05, 0.1) is 11.6 Å². The number of nitrogens with one attached hydrogen (secondary N) is 1. The lowest BCUT2D eigenvalue weighted by Gasteiger charge is -2.21. The lowest BCUT2D eigenvalue weighted by atomic mass is 10.2. The molecule has 1 heterocycles. The van der Waals surface area contributed by atoms with Crippen LogP contribution in [0.25, 0.3) is 0 Å². The molecule has 0 spiro atoms. The molecule has 106 valence electrons. The number of aliphatic imine (C=N–C) groups is 1. The number of guanidine groups is 1. The van der Waals surface area contributed by atoms with Crippen LogP contribution in [0.5, 0.6) is 0 Å². The molecular weight excluding hydrogens is 268 g/mol. The third kappa shape index (κ3) is 4.06. The monoisotopic (exact) mass is 288 g/mol. The van der Waals surface area contributed by atoms with Gasteiger partial charge in [-0.05, 0) is 12.5 Å². The van der Waals surface area contributed by atoms with Crippen molar-refractivity contribution < 1.29 is 0 Å². The van der Waals surface area contributed by atoms with E-state index in [2.05, 4.69) is 44.5 Å². The summed E-state index contributed by atoms with van der Waals surface area (Å²) in [6, 6.07) is 10.4. The van der Waals surface area contributed by atoms with E-state index in [1.807, 2.05) is 33.3 Å². The Kier molecular flexibility index (Phi) is 5.12. The first-order valence-electron chi connectivity index (χ1n) is 6.56. The van der Waals surface area contributed by atoms with Crippen molar-refractivity contribution in [2.45, 2.75) is 20.0 Å². The van der Waals surface area contributed by atoms with Gasteiger partial charge in [0.25, 0.3) is 0 Å². The lowest BCUT2D eigenvalue weighted by Crippen LogP contribution is -2.37. The molecule has 2 aromatic rings. The van der Waals surface area contributed by atoms with Crippen LogP contribution in [0.4, 0.5) is 0 Å². The SMILES string of the molecule is CN=C(NCc1cnc(C)s1)N(C)Cc1ccccc1. The molecule has 0 aliphatic heterocycles. The van der Waals surface area contributed by atoms with E-state index < -0.39 is 0 Å². The minimum atomic E-state index is 0.761. The van der Waals surface area contributed by atoms with Gasteiger partial charge < -0.3 is 10.2 Å². The highest BCUT2D eigenvalue weighted by Crippen LogP contribution is 2.11. The van der Waals surface area contributed by atoms with Gasteiger partial charge in [-0.25, -0.2) is 4.98 Å². The lowest BCUT2D eigenvalue weighted by molar-refractivity contribution is 0.477. The smallest absolute Gasteiger partial charge is 0.193 e. The summed E-state index contributed by atoms with van der Waals surface area (Å²) in [6.07, 6.45) is 1.91. The molecule has 2 rings (SSSR count). The topological polar surface area (TPSA) is 40.5 Å². The van der Waals surface area contributed by atoms with E-state index in [9.17, 15) is 0 Å². The second kappa shape index (κ2) is 7.05. The van der Waals surface area contributed by atoms with Gasteiger partial charge in [-0.2, -0.15) is 0 Å². The van der Waals surface area contributed by atoms with Gasteiger partial charge in [0, 0.05) is 31.7 Å². The van der Waals surface area contributed by atoms with E-state index in [-0.39, 0.29) is 0 Å². The fourth-order valence-electron chi connectivity index (χ4n) is 1.97. The Morgan fingerprint density at radius 3 is 2.70 bits per heavy atom. The van der Waals surface area contributed by atoms with E-state index >= 15 is 0 Å². The standard InChI is InChI=1S/C15H20N4S/c1-12-17-9-14(20-12)10-18-15(16-2)19(3)11-13-7-5-4-6-8-13/h4-9H,10-11H2,1-3H3,(H,16,18). The highest BCUT2D eigenvalue weighted by atomic mass is 32.1. The average Bonchev–Trinajstić information content (AvgIpc) is 2.86. The molecule has 0 aliphatic carbocycles. The van der Waals surface area contributed by atoms with Crippen LogP contribution in [-0.2, 0) is 13.1 Å². The molecule has 0 bridgehead atoms. The van der Waals surface area contributed by atoms with E-state index in [1.54, 1.807) is 11.3 Å². The Labute approximate surface area is 124 Å². The van der Waals surface area contributed by atoms with Crippen molar-refractivity contribution in [3.63, 3.8) is 0 Å². The number of rotatable bonds is 4. The maximum atomic E-state index is 4.32. The number of hydrogen-bond donors (Lipinski definition) is 1. The molecule has 1 aromatic carbocycles. The van der Waals surface area contributed by atoms with Gasteiger partial charge in [-0.15, -0.1) is 11.3 Å². The molecule has 0 unspecified atom stereocenters. The Bertz CT molecular complexity index is 562. The Balaban J connectivity index is 1.91. The molecule has 0 atom stereocenters. The molecule has 1 aromatic heterocycles. The van der Waals surface area contributed by atoms with Gasteiger partial charge in [0.1, 0.15) is 0 Å². The number of benzene rings is 1. The van der Waals surface area contributed by atoms with Crippen LogP contribution in [0.3, 0.4) is 0 Å². The molecule has 5 heteroatoms. The fourth-order valence-corrected chi connectivity index (χ4v) is 2.70. The first kappa shape index (κ1) is 14.5. The van der Waals surface area contributed by atoms with Crippen LogP contribution in [0, 0.1) is 6.92 Å². The molecule has 1 N–H and O–H groups in total. The van der Waals surface area contributed by atoms with Crippen molar-refractivity contribution in [2.75, 3.05) is 14.1 Å². The van der Waals surface area contributed by atoms with Crippen LogP contribution in [-0.4, -0.2) is 29.9 Å². The van der Waals surface area contributed by atoms with Gasteiger partial charge in [-0.1, -0.05) is 30.3 Å². The quantitative estimate of drug-likeness (QED) is 0.694. The summed E-state index contributed by atoms with van der Waals surface area (Å²) in [6.45, 7) is 3.62. The number of nitrogens with zero attached hydrogens (tertiary/aromatic N) is 3. The van der Waals surface area contributed by atoms with Gasteiger partial charge in [-0.3, -0.25) is 4.99 Å². The fraction of sp³-hybridized carbons (Fsp3) is 0.333. The predicted molar refractivity (Wildman–Crippen MR) is 85.0 cm³/mol. The molecule has 0 fully saturated rings. The van der Waals surface area contributed by atoms with Gasteiger partial charge >= 0.3 is 0 Å². The summed E-state index contributed by atoms with van der Waals surface area (Å²) < 4.78 is 0. The summed E-state index contributed by atoms with van der Waals surface area (Å²) in [5.74, 6) is 0.889. The highest BCUT2D eigenvalue weighted by molar-refractivity contribution is 7.11. The Morgan fingerprint density at radius 1 is 1.35 bits per heavy atom. The van der Waals surface area contributed by atoms with Gasteiger partial charge in [0.2, 0.25) is 0 Å². The zero-order valence-electron chi connectivity index (χ0n) is 12.1. The minimum Gasteiger partial charge on any atom is -0.351 e. The zero-order chi connectivity index (χ0) is 14.4. The normalized spacial score (nSPS) is 11.4. The van der Waals surface area contributed by atoms with E-state index in [0.29, 0.717) is 0 Å². The van der Waals surface area contributed by atoms with Crippen molar-refractivity contribution in [1.82, 2.24) is 15.2 Å². The first-order valence-corrected chi connectivity index (χ1v) is 7.37. The van der Waals surface area contributed by atoms with Crippen LogP contribution in [0.2, 0.25) is 0 Å². The maximum Gasteiger partial charge on any atom is 0.193 e. The van der Waals surface area contributed by atoms with Crippen molar-refractivity contribution >= 4 is 17.3 Å². The first-order chi connectivity index (χ1) is 9.69. The largest absolute Gasteiger partial charge is 0.351 e. The van der Waals surface area contributed by atoms with Gasteiger partial charge in [0.15, 0.2) is 5.96 Å². The molecular formula is C15H20N4S. The van der Waals surface area contributed by atoms with E-state index in [0.717, 1.165) is 24.1 Å². The maximum absolute atomic E-state index is 4.32. The number of aryl methyl sites for hydroxylation is 1. The van der Waals surface area contributed by atoms with E-state index in [4.69, 9.17) is 0 Å². The zero-order valence-corrected chi connectivity index (χ0v) is 12.9. The summed E-state index contributed by atoms with van der Waals surface area (Å²) in [5, 5.41) is 4.46. The third-order valence-corrected chi connectivity index (χ3v) is 3.84. The van der Waals surface area contributed by atoms with Crippen LogP contribution in [0.15, 0.2) is 41.5 Å². The molecule has 4 nitrogen and oxygen atoms in total. The predicted octanol–water partition coefficient (Wildman–Crippen LogP) is 2.66.